The van der Waals surface area contributed by atoms with E-state index in [4.69, 9.17) is 21.5 Å². The van der Waals surface area contributed by atoms with Crippen LogP contribution >= 0.6 is 11.6 Å². The Morgan fingerprint density at radius 2 is 1.82 bits per heavy atom. The Hall–Kier alpha value is -3.55. The van der Waals surface area contributed by atoms with E-state index >= 15 is 0 Å². The number of rotatable bonds is 7. The van der Waals surface area contributed by atoms with E-state index in [9.17, 15) is 10.3 Å². The highest BCUT2D eigenvalue weighted by Crippen LogP contribution is 2.21. The van der Waals surface area contributed by atoms with Crippen LogP contribution in [-0.4, -0.2) is 57.8 Å². The normalized spacial score (nSPS) is 14.9. The first-order valence-electron chi connectivity index (χ1n) is 9.95. The van der Waals surface area contributed by atoms with Gasteiger partial charge >= 0.3 is 0 Å². The van der Waals surface area contributed by atoms with Gasteiger partial charge in [0.05, 0.1) is 19.4 Å². The lowest BCUT2D eigenvalue weighted by molar-refractivity contribution is -0.991. The highest BCUT2D eigenvalue weighted by molar-refractivity contribution is 6.30. The summed E-state index contributed by atoms with van der Waals surface area (Å²) in [5, 5.41) is 36.9. The molecule has 13 heteroatoms. The van der Waals surface area contributed by atoms with Crippen molar-refractivity contribution >= 4 is 47.0 Å². The molecule has 1 aliphatic rings. The molecule has 0 radical (unpaired) electrons. The number of nitrogens with one attached hydrogen (secondary N) is 3. The van der Waals surface area contributed by atoms with Crippen molar-refractivity contribution in [2.24, 2.45) is 5.10 Å². The van der Waals surface area contributed by atoms with Gasteiger partial charge in [-0.3, -0.25) is 0 Å². The fourth-order valence-electron chi connectivity index (χ4n) is 2.99. The third kappa shape index (κ3) is 6.03. The first kappa shape index (κ1) is 22.6. The molecule has 4 rings (SSSR count). The lowest BCUT2D eigenvalue weighted by Crippen LogP contribution is -2.99. The summed E-state index contributed by atoms with van der Waals surface area (Å²) in [5.74, 6) is 0.786. The third-order valence-electron chi connectivity index (χ3n) is 4.66. The Balaban J connectivity index is 1.57. The predicted molar refractivity (Wildman–Crippen MR) is 123 cm³/mol. The smallest absolute Gasteiger partial charge is 0.250 e. The molecule has 2 heterocycles. The highest BCUT2D eigenvalue weighted by Gasteiger charge is 2.17. The second-order valence-electron chi connectivity index (χ2n) is 6.96. The Kier molecular flexibility index (Phi) is 7.12. The zero-order valence-corrected chi connectivity index (χ0v) is 18.0. The fraction of sp³-hybridized carbons (Fsp3) is 0.200. The molecule has 1 aliphatic heterocycles. The van der Waals surface area contributed by atoms with Crippen molar-refractivity contribution in [3.05, 3.63) is 58.3 Å². The van der Waals surface area contributed by atoms with E-state index in [2.05, 4.69) is 30.8 Å². The predicted octanol–water partition coefficient (Wildman–Crippen LogP) is 1.66. The van der Waals surface area contributed by atoms with Gasteiger partial charge in [0.2, 0.25) is 17.8 Å². The van der Waals surface area contributed by atoms with Crippen LogP contribution in [0.1, 0.15) is 5.56 Å². The average molecular weight is 473 g/mol. The number of aromatic nitrogens is 3. The van der Waals surface area contributed by atoms with E-state index in [1.54, 1.807) is 24.3 Å². The van der Waals surface area contributed by atoms with E-state index in [0.717, 1.165) is 5.69 Å². The maximum atomic E-state index is 11.2. The van der Waals surface area contributed by atoms with E-state index in [1.807, 2.05) is 4.90 Å². The molecule has 1 fully saturated rings. The summed E-state index contributed by atoms with van der Waals surface area (Å²) in [7, 11) is 0. The molecule has 172 valence electrons. The number of phenolic OH excluding ortho intramolecular Hbond substituents is 1. The minimum atomic E-state index is -1.11. The molecule has 33 heavy (non-hydrogen) atoms. The van der Waals surface area contributed by atoms with Gasteiger partial charge in [-0.2, -0.15) is 25.3 Å². The van der Waals surface area contributed by atoms with Gasteiger partial charge in [-0.15, -0.1) is 0 Å². The van der Waals surface area contributed by atoms with Crippen LogP contribution in [0.4, 0.5) is 29.2 Å². The second kappa shape index (κ2) is 10.4. The number of ether oxygens (including phenoxy) is 1. The Morgan fingerprint density at radius 1 is 1.09 bits per heavy atom. The summed E-state index contributed by atoms with van der Waals surface area (Å²) in [5.41, 5.74) is 3.71. The number of benzene rings is 2. The Bertz CT molecular complexity index is 1120. The number of hydrogen-bond donors (Lipinski definition) is 5. The zero-order valence-electron chi connectivity index (χ0n) is 17.3. The topological polar surface area (TPSA) is 156 Å². The monoisotopic (exact) mass is 472 g/mol. The van der Waals surface area contributed by atoms with Gasteiger partial charge in [0.15, 0.2) is 5.69 Å². The van der Waals surface area contributed by atoms with Gasteiger partial charge in [-0.1, -0.05) is 11.6 Å². The average Bonchev–Trinajstić information content (AvgIpc) is 2.82. The molecule has 0 aliphatic carbocycles. The lowest BCUT2D eigenvalue weighted by atomic mass is 10.2. The molecule has 0 amide bonds. The number of hydrogen-bond acceptors (Lipinski definition) is 11. The third-order valence-corrected chi connectivity index (χ3v) is 4.91. The van der Waals surface area contributed by atoms with Crippen LogP contribution in [0, 0.1) is 5.21 Å². The first-order valence-corrected chi connectivity index (χ1v) is 10.3. The number of quaternary nitrogens is 1. The number of anilines is 4. The molecule has 1 atom stereocenters. The zero-order chi connectivity index (χ0) is 23.2. The van der Waals surface area contributed by atoms with E-state index in [1.165, 1.54) is 24.4 Å². The van der Waals surface area contributed by atoms with E-state index < -0.39 is 5.23 Å². The second-order valence-corrected chi connectivity index (χ2v) is 7.40. The van der Waals surface area contributed by atoms with E-state index in [-0.39, 0.29) is 22.9 Å². The largest absolute Gasteiger partial charge is 0.595 e. The Morgan fingerprint density at radius 3 is 2.55 bits per heavy atom. The lowest BCUT2D eigenvalue weighted by Gasteiger charge is -2.27. The standard InChI is InChI=1S/C20H21ClN8O4/c21-14-1-3-15(4-2-14)23-18-24-19(26-20(25-18)28-7-9-33-10-8-28)27-22-12-13-11-16(29(31)32)5-6-17(13)30/h1-6,11-12,29-31H,7-10H2,(H2,23,24,25,26,27). The van der Waals surface area contributed by atoms with E-state index in [0.29, 0.717) is 43.2 Å². The molecule has 3 aromatic rings. The van der Waals surface area contributed by atoms with Gasteiger partial charge in [0, 0.05) is 41.5 Å². The molecule has 1 aromatic heterocycles. The van der Waals surface area contributed by atoms with Crippen LogP contribution in [0.3, 0.4) is 0 Å². The van der Waals surface area contributed by atoms with Gasteiger partial charge in [0.1, 0.15) is 5.75 Å². The van der Waals surface area contributed by atoms with Gasteiger partial charge < -0.3 is 25.3 Å². The van der Waals surface area contributed by atoms with Crippen LogP contribution in [-0.2, 0) is 4.74 Å². The van der Waals surface area contributed by atoms with Crippen LogP contribution in [0.2, 0.25) is 5.02 Å². The van der Waals surface area contributed by atoms with Gasteiger partial charge in [0.25, 0.3) is 0 Å². The van der Waals surface area contributed by atoms with Crippen molar-refractivity contribution in [2.75, 3.05) is 41.9 Å². The molecule has 0 bridgehead atoms. The highest BCUT2D eigenvalue weighted by atomic mass is 35.5. The number of morpholine rings is 1. The SMILES string of the molecule is [O-][NH+](O)c1ccc(O)c(C=NNc2nc(Nc3ccc(Cl)cc3)nc(N3CCOCC3)n2)c1. The molecule has 1 unspecified atom stereocenters. The minimum absolute atomic E-state index is 0.0264. The Labute approximate surface area is 193 Å². The molecular weight excluding hydrogens is 452 g/mol. The van der Waals surface area contributed by atoms with Crippen molar-refractivity contribution < 1.29 is 20.3 Å². The maximum Gasteiger partial charge on any atom is 0.250 e. The molecule has 2 aromatic carbocycles. The summed E-state index contributed by atoms with van der Waals surface area (Å²) in [6.45, 7) is 2.38. The molecule has 1 saturated heterocycles. The number of nitrogens with zero attached hydrogens (tertiary/aromatic N) is 5. The van der Waals surface area contributed by atoms with Crippen molar-refractivity contribution in [1.82, 2.24) is 15.0 Å². The van der Waals surface area contributed by atoms with Crippen LogP contribution in [0.25, 0.3) is 0 Å². The molecule has 5 N–H and O–H groups in total. The summed E-state index contributed by atoms with van der Waals surface area (Å²) < 4.78 is 5.39. The molecule has 0 saturated carbocycles. The van der Waals surface area contributed by atoms with Crippen LogP contribution < -0.4 is 20.9 Å². The minimum Gasteiger partial charge on any atom is -0.595 e. The van der Waals surface area contributed by atoms with Crippen molar-refractivity contribution in [1.29, 1.82) is 0 Å². The molecular formula is C20H21ClN8O4. The fourth-order valence-corrected chi connectivity index (χ4v) is 3.11. The van der Waals surface area contributed by atoms with Crippen molar-refractivity contribution in [3.8, 4) is 5.75 Å². The quantitative estimate of drug-likeness (QED) is 0.195. The van der Waals surface area contributed by atoms with Crippen molar-refractivity contribution in [3.63, 3.8) is 0 Å². The van der Waals surface area contributed by atoms with Crippen LogP contribution in [0.15, 0.2) is 47.6 Å². The van der Waals surface area contributed by atoms with Crippen LogP contribution in [0.5, 0.6) is 5.75 Å². The summed E-state index contributed by atoms with van der Waals surface area (Å²) in [6.07, 6.45) is 1.28. The van der Waals surface area contributed by atoms with Gasteiger partial charge in [-0.25, -0.2) is 10.6 Å². The molecule has 0 spiro atoms. The summed E-state index contributed by atoms with van der Waals surface area (Å²) in [6, 6.07) is 11.0. The number of phenols is 1. The first-order chi connectivity index (χ1) is 16.0. The summed E-state index contributed by atoms with van der Waals surface area (Å²) in [4.78, 5) is 15.2. The summed E-state index contributed by atoms with van der Waals surface area (Å²) >= 11 is 5.95. The maximum absolute atomic E-state index is 11.2. The number of aromatic hydroxyl groups is 1. The number of hydrazone groups is 1. The van der Waals surface area contributed by atoms with Crippen molar-refractivity contribution in [2.45, 2.75) is 0 Å². The number of halogens is 1. The molecule has 12 nitrogen and oxygen atoms in total. The van der Waals surface area contributed by atoms with Gasteiger partial charge in [-0.05, 0) is 30.3 Å².